The fourth-order valence-corrected chi connectivity index (χ4v) is 0.254. The molecule has 2 nitrogen and oxygen atoms in total. The van der Waals surface area contributed by atoms with Crippen LogP contribution < -0.4 is 21.2 Å². The summed E-state index contributed by atoms with van der Waals surface area (Å²) in [6.07, 6.45) is 0. The molecular weight excluding hydrogens is 183 g/mol. The van der Waals surface area contributed by atoms with Gasteiger partial charge in [-0.2, -0.15) is 0 Å². The average Bonchev–Trinajstić information content (AvgIpc) is 1.41. The molecule has 0 bridgehead atoms. The second kappa shape index (κ2) is 4.65. The zero-order valence-corrected chi connectivity index (χ0v) is 4.84. The molecule has 2 N–H and O–H groups in total. The van der Waals surface area contributed by atoms with Crippen LogP contribution in [0.25, 0.3) is 0 Å². The van der Waals surface area contributed by atoms with Crippen molar-refractivity contribution in [2.24, 2.45) is 0 Å². The number of hydrogen-bond donors (Lipinski definition) is 2. The van der Waals surface area contributed by atoms with E-state index >= 15 is 0 Å². The van der Waals surface area contributed by atoms with Crippen LogP contribution in [0.5, 0.6) is 0 Å². The monoisotopic (exact) mass is 189 g/mol. The third-order valence-electron chi connectivity index (χ3n) is 0.169. The first kappa shape index (κ1) is 5.65. The summed E-state index contributed by atoms with van der Waals surface area (Å²) in [4.78, 5) is 0. The first-order valence-corrected chi connectivity index (χ1v) is 4.22. The van der Waals surface area contributed by atoms with Crippen LogP contribution in [0.1, 0.15) is 0 Å². The Morgan fingerprint density at radius 2 is 1.60 bits per heavy atom. The SMILES string of the molecule is OC[I-]CO. The molecule has 34 valence electrons. The van der Waals surface area contributed by atoms with E-state index in [0.717, 1.165) is 0 Å². The summed E-state index contributed by atoms with van der Waals surface area (Å²) >= 11 is -0.258. The molecule has 0 saturated carbocycles. The Kier molecular flexibility index (Phi) is 5.25. The number of rotatable bonds is 2. The van der Waals surface area contributed by atoms with E-state index in [4.69, 9.17) is 10.2 Å². The summed E-state index contributed by atoms with van der Waals surface area (Å²) < 4.78 is 0.407. The third-order valence-corrected chi connectivity index (χ3v) is 1.13. The zero-order chi connectivity index (χ0) is 4.12. The number of aliphatic hydroxyl groups is 2. The average molecular weight is 189 g/mol. The van der Waals surface area contributed by atoms with Crippen LogP contribution >= 0.6 is 0 Å². The van der Waals surface area contributed by atoms with Gasteiger partial charge < -0.3 is 0 Å². The Labute approximate surface area is 41.1 Å². The maximum atomic E-state index is 7.96. The Morgan fingerprint density at radius 1 is 1.20 bits per heavy atom. The van der Waals surface area contributed by atoms with Crippen molar-refractivity contribution in [1.82, 2.24) is 0 Å². The van der Waals surface area contributed by atoms with E-state index in [2.05, 4.69) is 0 Å². The topological polar surface area (TPSA) is 40.5 Å². The van der Waals surface area contributed by atoms with Crippen LogP contribution in [0, 0.1) is 0 Å². The summed E-state index contributed by atoms with van der Waals surface area (Å²) in [5.74, 6) is 0. The van der Waals surface area contributed by atoms with E-state index in [0.29, 0.717) is 0 Å². The molecule has 0 fully saturated rings. The minimum atomic E-state index is -0.258. The predicted molar refractivity (Wildman–Crippen MR) is 14.2 cm³/mol. The van der Waals surface area contributed by atoms with Gasteiger partial charge in [0.25, 0.3) is 0 Å². The summed E-state index contributed by atoms with van der Waals surface area (Å²) in [7, 11) is 0. The molecule has 0 rings (SSSR count). The van der Waals surface area contributed by atoms with Crippen LogP contribution in [0.15, 0.2) is 0 Å². The molecule has 0 unspecified atom stereocenters. The van der Waals surface area contributed by atoms with Crippen molar-refractivity contribution in [2.75, 3.05) is 9.23 Å². The molecular formula is C2H6IO2-. The van der Waals surface area contributed by atoms with Crippen LogP contribution in [0.3, 0.4) is 0 Å². The van der Waals surface area contributed by atoms with Crippen LogP contribution in [0.2, 0.25) is 0 Å². The summed E-state index contributed by atoms with van der Waals surface area (Å²) in [6, 6.07) is 0. The Hall–Kier alpha value is 0.650. The summed E-state index contributed by atoms with van der Waals surface area (Å²) in [6.45, 7) is 0. The molecule has 0 aromatic carbocycles. The number of hydrogen-bond acceptors (Lipinski definition) is 2. The molecule has 0 saturated heterocycles. The normalized spacial score (nSPS) is 9.20. The predicted octanol–water partition coefficient (Wildman–Crippen LogP) is -4.02. The molecule has 0 atom stereocenters. The second-order valence-corrected chi connectivity index (χ2v) is 2.87. The second-order valence-electron chi connectivity index (χ2n) is 0.428. The van der Waals surface area contributed by atoms with E-state index in [-0.39, 0.29) is 30.4 Å². The molecule has 5 heavy (non-hydrogen) atoms. The van der Waals surface area contributed by atoms with E-state index in [9.17, 15) is 0 Å². The van der Waals surface area contributed by atoms with Crippen molar-refractivity contribution >= 4 is 0 Å². The van der Waals surface area contributed by atoms with E-state index in [1.165, 1.54) is 0 Å². The van der Waals surface area contributed by atoms with Gasteiger partial charge in [0.15, 0.2) is 0 Å². The molecule has 0 radical (unpaired) electrons. The molecule has 0 aliphatic rings. The van der Waals surface area contributed by atoms with Gasteiger partial charge in [0.05, 0.1) is 0 Å². The Morgan fingerprint density at radius 3 is 1.60 bits per heavy atom. The van der Waals surface area contributed by atoms with E-state index < -0.39 is 0 Å². The van der Waals surface area contributed by atoms with Gasteiger partial charge >= 0.3 is 40.6 Å². The van der Waals surface area contributed by atoms with E-state index in [1.54, 1.807) is 0 Å². The molecule has 0 aliphatic heterocycles. The van der Waals surface area contributed by atoms with Crippen molar-refractivity contribution in [3.05, 3.63) is 0 Å². The van der Waals surface area contributed by atoms with Gasteiger partial charge in [-0.3, -0.25) is 0 Å². The molecule has 0 aliphatic carbocycles. The van der Waals surface area contributed by atoms with Gasteiger partial charge in [0.2, 0.25) is 0 Å². The quantitative estimate of drug-likeness (QED) is 0.343. The third kappa shape index (κ3) is 4.65. The first-order chi connectivity index (χ1) is 2.41. The van der Waals surface area contributed by atoms with Gasteiger partial charge in [-0.25, -0.2) is 0 Å². The van der Waals surface area contributed by atoms with Crippen molar-refractivity contribution < 1.29 is 31.4 Å². The fraction of sp³-hybridized carbons (Fsp3) is 1.00. The number of alkyl halides is 2. The molecule has 0 aromatic heterocycles. The van der Waals surface area contributed by atoms with Gasteiger partial charge in [-0.1, -0.05) is 0 Å². The van der Waals surface area contributed by atoms with Crippen molar-refractivity contribution in [2.45, 2.75) is 0 Å². The number of halogens is 1. The van der Waals surface area contributed by atoms with Gasteiger partial charge in [-0.05, 0) is 0 Å². The van der Waals surface area contributed by atoms with Crippen molar-refractivity contribution in [3.8, 4) is 0 Å². The minimum absolute atomic E-state index is 0.204. The Bertz CT molecular complexity index is 15.1. The van der Waals surface area contributed by atoms with Gasteiger partial charge in [0, 0.05) is 0 Å². The molecule has 3 heteroatoms. The maximum absolute atomic E-state index is 7.96. The Balaban J connectivity index is 2.19. The molecule has 0 aromatic rings. The standard InChI is InChI=1S/C2H6IO2/c4-1-3-2-5/h4-5H,1-2H2/q-1. The van der Waals surface area contributed by atoms with Crippen molar-refractivity contribution in [3.63, 3.8) is 0 Å². The number of aliphatic hydroxyl groups excluding tert-OH is 2. The van der Waals surface area contributed by atoms with Gasteiger partial charge in [-0.15, -0.1) is 0 Å². The molecule has 0 heterocycles. The molecule has 0 spiro atoms. The fourth-order valence-electron chi connectivity index (χ4n) is 0.0378. The van der Waals surface area contributed by atoms with Crippen LogP contribution in [-0.2, 0) is 0 Å². The van der Waals surface area contributed by atoms with Crippen LogP contribution in [0.4, 0.5) is 0 Å². The molecule has 0 amide bonds. The summed E-state index contributed by atoms with van der Waals surface area (Å²) in [5, 5.41) is 15.9. The van der Waals surface area contributed by atoms with Gasteiger partial charge in [0.1, 0.15) is 0 Å². The first-order valence-electron chi connectivity index (χ1n) is 1.17. The van der Waals surface area contributed by atoms with Crippen LogP contribution in [-0.4, -0.2) is 19.4 Å². The summed E-state index contributed by atoms with van der Waals surface area (Å²) in [5.41, 5.74) is 0. The van der Waals surface area contributed by atoms with Crippen molar-refractivity contribution in [1.29, 1.82) is 0 Å². The zero-order valence-electron chi connectivity index (χ0n) is 2.69. The van der Waals surface area contributed by atoms with E-state index in [1.807, 2.05) is 0 Å².